The molecule has 2 aromatic rings. The highest BCUT2D eigenvalue weighted by Gasteiger charge is 2.15. The second kappa shape index (κ2) is 7.49. The number of ether oxygens (including phenoxy) is 1. The summed E-state index contributed by atoms with van der Waals surface area (Å²) in [6.07, 6.45) is 1.87. The molecule has 0 spiro atoms. The topological polar surface area (TPSA) is 72.5 Å². The van der Waals surface area contributed by atoms with Crippen LogP contribution in [0.5, 0.6) is 5.75 Å². The molecule has 1 amide bonds. The smallest absolute Gasteiger partial charge is 0.251 e. The summed E-state index contributed by atoms with van der Waals surface area (Å²) in [7, 11) is -1.65. The molecule has 5 nitrogen and oxygen atoms in total. The molecule has 2 rings (SSSR count). The van der Waals surface area contributed by atoms with E-state index in [0.717, 1.165) is 5.56 Å². The number of hydrogen-bond acceptors (Lipinski definition) is 4. The van der Waals surface area contributed by atoms with E-state index in [9.17, 15) is 13.2 Å². The number of hydrogen-bond donors (Lipinski definition) is 1. The standard InChI is InChI=1S/C18H21NO4S/c1-4-17(13-7-11-16(12-8-13)24(3,21)22)19-18(20)14-5-9-15(23-2)10-6-14/h5-12,17H,4H2,1-3H3,(H,19,20)/t17-/m1/s1. The molecule has 0 heterocycles. The van der Waals surface area contributed by atoms with Crippen LogP contribution >= 0.6 is 0 Å². The monoisotopic (exact) mass is 347 g/mol. The van der Waals surface area contributed by atoms with Crippen LogP contribution in [0.25, 0.3) is 0 Å². The lowest BCUT2D eigenvalue weighted by Gasteiger charge is -2.18. The van der Waals surface area contributed by atoms with Crippen LogP contribution in [0.4, 0.5) is 0 Å². The quantitative estimate of drug-likeness (QED) is 0.872. The summed E-state index contributed by atoms with van der Waals surface area (Å²) in [5.41, 5.74) is 1.41. The Kier molecular flexibility index (Phi) is 5.62. The molecule has 0 fully saturated rings. The minimum atomic E-state index is -3.22. The van der Waals surface area contributed by atoms with Crippen LogP contribution < -0.4 is 10.1 Å². The minimum Gasteiger partial charge on any atom is -0.497 e. The first-order chi connectivity index (χ1) is 11.3. The van der Waals surface area contributed by atoms with E-state index in [1.54, 1.807) is 55.6 Å². The predicted octanol–water partition coefficient (Wildman–Crippen LogP) is 2.98. The lowest BCUT2D eigenvalue weighted by molar-refractivity contribution is 0.0935. The van der Waals surface area contributed by atoms with Crippen LogP contribution in [0, 0.1) is 0 Å². The zero-order valence-electron chi connectivity index (χ0n) is 13.9. The van der Waals surface area contributed by atoms with Crippen molar-refractivity contribution in [2.45, 2.75) is 24.3 Å². The van der Waals surface area contributed by atoms with Gasteiger partial charge in [-0.05, 0) is 48.4 Å². The first kappa shape index (κ1) is 18.0. The normalized spacial score (nSPS) is 12.5. The first-order valence-corrected chi connectivity index (χ1v) is 9.49. The fourth-order valence-corrected chi connectivity index (χ4v) is 2.98. The lowest BCUT2D eigenvalue weighted by Crippen LogP contribution is -2.28. The summed E-state index contributed by atoms with van der Waals surface area (Å²) in [6, 6.07) is 13.3. The van der Waals surface area contributed by atoms with Crippen molar-refractivity contribution in [2.24, 2.45) is 0 Å². The van der Waals surface area contributed by atoms with Crippen molar-refractivity contribution in [1.29, 1.82) is 0 Å². The van der Waals surface area contributed by atoms with Gasteiger partial charge in [-0.1, -0.05) is 19.1 Å². The van der Waals surface area contributed by atoms with E-state index in [1.165, 1.54) is 6.26 Å². The second-order valence-electron chi connectivity index (χ2n) is 5.50. The Bertz CT molecular complexity index is 796. The summed E-state index contributed by atoms with van der Waals surface area (Å²) in [4.78, 5) is 12.6. The molecule has 0 aliphatic heterocycles. The molecule has 0 bridgehead atoms. The highest BCUT2D eigenvalue weighted by atomic mass is 32.2. The largest absolute Gasteiger partial charge is 0.497 e. The van der Waals surface area contributed by atoms with Crippen molar-refractivity contribution in [3.8, 4) is 5.75 Å². The van der Waals surface area contributed by atoms with E-state index in [1.807, 2.05) is 6.92 Å². The van der Waals surface area contributed by atoms with Gasteiger partial charge >= 0.3 is 0 Å². The van der Waals surface area contributed by atoms with Gasteiger partial charge in [0.2, 0.25) is 0 Å². The number of amides is 1. The molecular weight excluding hydrogens is 326 g/mol. The van der Waals surface area contributed by atoms with Crippen LogP contribution in [0.1, 0.15) is 35.3 Å². The van der Waals surface area contributed by atoms with Crippen molar-refractivity contribution in [3.63, 3.8) is 0 Å². The molecule has 24 heavy (non-hydrogen) atoms. The maximum atomic E-state index is 12.4. The second-order valence-corrected chi connectivity index (χ2v) is 7.52. The van der Waals surface area contributed by atoms with Crippen LogP contribution in [0.2, 0.25) is 0 Å². The highest BCUT2D eigenvalue weighted by Crippen LogP contribution is 2.20. The Hall–Kier alpha value is -2.34. The van der Waals surface area contributed by atoms with Gasteiger partial charge in [-0.2, -0.15) is 0 Å². The van der Waals surface area contributed by atoms with Gasteiger partial charge in [-0.15, -0.1) is 0 Å². The third kappa shape index (κ3) is 4.35. The Morgan fingerprint density at radius 3 is 2.12 bits per heavy atom. The molecule has 1 atom stereocenters. The third-order valence-electron chi connectivity index (χ3n) is 3.78. The van der Waals surface area contributed by atoms with E-state index in [2.05, 4.69) is 5.32 Å². The molecule has 128 valence electrons. The predicted molar refractivity (Wildman–Crippen MR) is 93.0 cm³/mol. The molecule has 0 aromatic heterocycles. The van der Waals surface area contributed by atoms with Crippen molar-refractivity contribution in [3.05, 3.63) is 59.7 Å². The summed E-state index contributed by atoms with van der Waals surface area (Å²) in [5, 5.41) is 2.97. The molecule has 2 aromatic carbocycles. The fraction of sp³-hybridized carbons (Fsp3) is 0.278. The number of sulfone groups is 1. The zero-order valence-corrected chi connectivity index (χ0v) is 14.8. The fourth-order valence-electron chi connectivity index (χ4n) is 2.35. The van der Waals surface area contributed by atoms with E-state index in [4.69, 9.17) is 4.74 Å². The van der Waals surface area contributed by atoms with Gasteiger partial charge in [0, 0.05) is 11.8 Å². The Morgan fingerprint density at radius 2 is 1.67 bits per heavy atom. The average Bonchev–Trinajstić information content (AvgIpc) is 2.59. The molecular formula is C18H21NO4S. The molecule has 6 heteroatoms. The van der Waals surface area contributed by atoms with Crippen LogP contribution in [-0.2, 0) is 9.84 Å². The molecule has 0 unspecified atom stereocenters. The van der Waals surface area contributed by atoms with Gasteiger partial charge in [-0.3, -0.25) is 4.79 Å². The van der Waals surface area contributed by atoms with Gasteiger partial charge in [0.1, 0.15) is 5.75 Å². The molecule has 0 radical (unpaired) electrons. The van der Waals surface area contributed by atoms with Gasteiger partial charge in [0.05, 0.1) is 18.0 Å². The van der Waals surface area contributed by atoms with E-state index >= 15 is 0 Å². The van der Waals surface area contributed by atoms with Gasteiger partial charge in [-0.25, -0.2) is 8.42 Å². The number of carbonyl (C=O) groups excluding carboxylic acids is 1. The summed E-state index contributed by atoms with van der Waals surface area (Å²) in [6.45, 7) is 1.96. The maximum absolute atomic E-state index is 12.4. The number of carbonyl (C=O) groups is 1. The Labute approximate surface area is 142 Å². The molecule has 0 saturated carbocycles. The van der Waals surface area contributed by atoms with Crippen molar-refractivity contribution in [2.75, 3.05) is 13.4 Å². The summed E-state index contributed by atoms with van der Waals surface area (Å²) < 4.78 is 28.1. The summed E-state index contributed by atoms with van der Waals surface area (Å²) >= 11 is 0. The maximum Gasteiger partial charge on any atom is 0.251 e. The van der Waals surface area contributed by atoms with Crippen molar-refractivity contribution < 1.29 is 17.9 Å². The molecule has 0 aliphatic carbocycles. The van der Waals surface area contributed by atoms with E-state index in [0.29, 0.717) is 17.7 Å². The third-order valence-corrected chi connectivity index (χ3v) is 4.90. The molecule has 1 N–H and O–H groups in total. The number of rotatable bonds is 6. The van der Waals surface area contributed by atoms with Crippen LogP contribution in [0.15, 0.2) is 53.4 Å². The Morgan fingerprint density at radius 1 is 1.08 bits per heavy atom. The molecule has 0 saturated heterocycles. The van der Waals surface area contributed by atoms with Gasteiger partial charge in [0.25, 0.3) is 5.91 Å². The SMILES string of the molecule is CC[C@@H](NC(=O)c1ccc(OC)cc1)c1ccc(S(C)(=O)=O)cc1. The lowest BCUT2D eigenvalue weighted by atomic mass is 10.0. The van der Waals surface area contributed by atoms with Gasteiger partial charge in [0.15, 0.2) is 9.84 Å². The summed E-state index contributed by atoms with van der Waals surface area (Å²) in [5.74, 6) is 0.506. The van der Waals surface area contributed by atoms with Crippen LogP contribution in [-0.4, -0.2) is 27.7 Å². The Balaban J connectivity index is 2.14. The highest BCUT2D eigenvalue weighted by molar-refractivity contribution is 7.90. The van der Waals surface area contributed by atoms with Gasteiger partial charge < -0.3 is 10.1 Å². The number of methoxy groups -OCH3 is 1. The molecule has 0 aliphatic rings. The van der Waals surface area contributed by atoms with Crippen molar-refractivity contribution in [1.82, 2.24) is 5.32 Å². The van der Waals surface area contributed by atoms with Crippen molar-refractivity contribution >= 4 is 15.7 Å². The average molecular weight is 347 g/mol. The first-order valence-electron chi connectivity index (χ1n) is 7.60. The number of benzene rings is 2. The zero-order chi connectivity index (χ0) is 17.7. The minimum absolute atomic E-state index is 0.184. The van der Waals surface area contributed by atoms with E-state index < -0.39 is 9.84 Å². The van der Waals surface area contributed by atoms with E-state index in [-0.39, 0.29) is 16.8 Å². The van der Waals surface area contributed by atoms with Crippen LogP contribution in [0.3, 0.4) is 0 Å². The number of nitrogens with one attached hydrogen (secondary N) is 1.